The van der Waals surface area contributed by atoms with Crippen LogP contribution in [0.3, 0.4) is 0 Å². The SMILES string of the molecule is Oc1ccc(SCCc2ccccc2)cc1CCc1ccccc1. The summed E-state index contributed by atoms with van der Waals surface area (Å²) < 4.78 is 0. The van der Waals surface area contributed by atoms with Gasteiger partial charge in [-0.25, -0.2) is 0 Å². The normalized spacial score (nSPS) is 10.7. The zero-order valence-corrected chi connectivity index (χ0v) is 14.5. The maximum atomic E-state index is 10.1. The van der Waals surface area contributed by atoms with Gasteiger partial charge in [0.05, 0.1) is 0 Å². The number of aromatic hydroxyl groups is 1. The van der Waals surface area contributed by atoms with Gasteiger partial charge in [0.15, 0.2) is 0 Å². The lowest BCUT2D eigenvalue weighted by Crippen LogP contribution is -1.93. The van der Waals surface area contributed by atoms with Crippen molar-refractivity contribution in [3.05, 3.63) is 95.6 Å². The highest BCUT2D eigenvalue weighted by Gasteiger charge is 2.04. The molecule has 0 saturated carbocycles. The van der Waals surface area contributed by atoms with E-state index in [4.69, 9.17) is 0 Å². The highest BCUT2D eigenvalue weighted by molar-refractivity contribution is 7.99. The van der Waals surface area contributed by atoms with Crippen molar-refractivity contribution in [1.29, 1.82) is 0 Å². The fourth-order valence-corrected chi connectivity index (χ4v) is 3.67. The zero-order chi connectivity index (χ0) is 16.6. The van der Waals surface area contributed by atoms with Crippen LogP contribution >= 0.6 is 11.8 Å². The topological polar surface area (TPSA) is 20.2 Å². The van der Waals surface area contributed by atoms with E-state index in [1.165, 1.54) is 16.0 Å². The summed E-state index contributed by atoms with van der Waals surface area (Å²) in [5, 5.41) is 10.1. The second-order valence-corrected chi connectivity index (χ2v) is 7.03. The quantitative estimate of drug-likeness (QED) is 0.575. The molecular weight excluding hydrogens is 312 g/mol. The summed E-state index contributed by atoms with van der Waals surface area (Å²) >= 11 is 1.85. The van der Waals surface area contributed by atoms with E-state index in [-0.39, 0.29) is 0 Å². The Bertz CT molecular complexity index is 753. The predicted octanol–water partition coefficient (Wildman–Crippen LogP) is 5.51. The first-order valence-electron chi connectivity index (χ1n) is 8.34. The van der Waals surface area contributed by atoms with Gasteiger partial charge in [-0.15, -0.1) is 11.8 Å². The van der Waals surface area contributed by atoms with Crippen LogP contribution in [0.1, 0.15) is 16.7 Å². The van der Waals surface area contributed by atoms with E-state index >= 15 is 0 Å². The summed E-state index contributed by atoms with van der Waals surface area (Å²) in [5.74, 6) is 1.45. The van der Waals surface area contributed by atoms with Gasteiger partial charge < -0.3 is 5.11 Å². The Kier molecular flexibility index (Phi) is 5.97. The number of hydrogen-bond acceptors (Lipinski definition) is 2. The molecule has 0 aliphatic rings. The van der Waals surface area contributed by atoms with Crippen LogP contribution in [0.4, 0.5) is 0 Å². The van der Waals surface area contributed by atoms with Crippen LogP contribution in [0.25, 0.3) is 0 Å². The number of rotatable bonds is 7. The Labute approximate surface area is 148 Å². The van der Waals surface area contributed by atoms with Crippen molar-refractivity contribution in [2.75, 3.05) is 5.75 Å². The maximum Gasteiger partial charge on any atom is 0.118 e. The molecule has 0 bridgehead atoms. The van der Waals surface area contributed by atoms with Crippen LogP contribution in [0.2, 0.25) is 0 Å². The van der Waals surface area contributed by atoms with E-state index in [1.807, 2.05) is 30.0 Å². The standard InChI is InChI=1S/C22H22OS/c23-22-14-13-21(24-16-15-19-9-5-2-6-10-19)17-20(22)12-11-18-7-3-1-4-8-18/h1-10,13-14,17,23H,11-12,15-16H2. The van der Waals surface area contributed by atoms with Gasteiger partial charge in [-0.2, -0.15) is 0 Å². The first-order chi connectivity index (χ1) is 11.8. The van der Waals surface area contributed by atoms with Crippen LogP contribution < -0.4 is 0 Å². The van der Waals surface area contributed by atoms with E-state index in [1.54, 1.807) is 0 Å². The molecule has 0 unspecified atom stereocenters. The molecule has 24 heavy (non-hydrogen) atoms. The molecule has 0 spiro atoms. The summed E-state index contributed by atoms with van der Waals surface area (Å²) in [7, 11) is 0. The van der Waals surface area contributed by atoms with Gasteiger partial charge in [-0.05, 0) is 54.2 Å². The molecule has 0 fully saturated rings. The molecule has 0 aromatic heterocycles. The number of phenolic OH excluding ortho intramolecular Hbond substituents is 1. The fraction of sp³-hybridized carbons (Fsp3) is 0.182. The van der Waals surface area contributed by atoms with Gasteiger partial charge in [0.25, 0.3) is 0 Å². The lowest BCUT2D eigenvalue weighted by atomic mass is 10.0. The van der Waals surface area contributed by atoms with E-state index in [2.05, 4.69) is 60.7 Å². The predicted molar refractivity (Wildman–Crippen MR) is 103 cm³/mol. The van der Waals surface area contributed by atoms with Crippen LogP contribution in [-0.4, -0.2) is 10.9 Å². The third-order valence-corrected chi connectivity index (χ3v) is 5.07. The average Bonchev–Trinajstić information content (AvgIpc) is 2.64. The second-order valence-electron chi connectivity index (χ2n) is 5.86. The zero-order valence-electron chi connectivity index (χ0n) is 13.7. The van der Waals surface area contributed by atoms with Gasteiger partial charge >= 0.3 is 0 Å². The summed E-state index contributed by atoms with van der Waals surface area (Å²) in [6.45, 7) is 0. The van der Waals surface area contributed by atoms with Gasteiger partial charge in [-0.1, -0.05) is 60.7 Å². The molecule has 3 rings (SSSR count). The van der Waals surface area contributed by atoms with Crippen LogP contribution in [0.15, 0.2) is 83.8 Å². The smallest absolute Gasteiger partial charge is 0.118 e. The monoisotopic (exact) mass is 334 g/mol. The van der Waals surface area contributed by atoms with Crippen molar-refractivity contribution in [1.82, 2.24) is 0 Å². The Balaban J connectivity index is 1.57. The minimum Gasteiger partial charge on any atom is -0.508 e. The minimum absolute atomic E-state index is 0.401. The molecule has 2 heteroatoms. The van der Waals surface area contributed by atoms with Crippen molar-refractivity contribution in [2.45, 2.75) is 24.2 Å². The van der Waals surface area contributed by atoms with Crippen molar-refractivity contribution in [3.63, 3.8) is 0 Å². The number of aryl methyl sites for hydroxylation is 3. The first-order valence-corrected chi connectivity index (χ1v) is 9.32. The molecule has 0 heterocycles. The van der Waals surface area contributed by atoms with Crippen molar-refractivity contribution in [2.24, 2.45) is 0 Å². The molecule has 0 radical (unpaired) electrons. The van der Waals surface area contributed by atoms with E-state index in [9.17, 15) is 5.11 Å². The minimum atomic E-state index is 0.401. The largest absolute Gasteiger partial charge is 0.508 e. The van der Waals surface area contributed by atoms with Gasteiger partial charge in [0.1, 0.15) is 5.75 Å². The molecule has 0 saturated heterocycles. The average molecular weight is 334 g/mol. The third kappa shape index (κ3) is 4.90. The van der Waals surface area contributed by atoms with Gasteiger partial charge in [-0.3, -0.25) is 0 Å². The second kappa shape index (κ2) is 8.60. The van der Waals surface area contributed by atoms with E-state index < -0.39 is 0 Å². The van der Waals surface area contributed by atoms with Gasteiger partial charge in [0.2, 0.25) is 0 Å². The Morgan fingerprint density at radius 2 is 1.29 bits per heavy atom. The summed E-state index contributed by atoms with van der Waals surface area (Å²) in [5.41, 5.74) is 3.70. The van der Waals surface area contributed by atoms with E-state index in [0.29, 0.717) is 5.75 Å². The van der Waals surface area contributed by atoms with Crippen molar-refractivity contribution in [3.8, 4) is 5.75 Å². The molecule has 0 aliphatic heterocycles. The van der Waals surface area contributed by atoms with Crippen LogP contribution in [0.5, 0.6) is 5.75 Å². The van der Waals surface area contributed by atoms with Crippen LogP contribution in [0, 0.1) is 0 Å². The Morgan fingerprint density at radius 3 is 1.96 bits per heavy atom. The number of phenols is 1. The van der Waals surface area contributed by atoms with E-state index in [0.717, 1.165) is 30.6 Å². The highest BCUT2D eigenvalue weighted by Crippen LogP contribution is 2.27. The number of hydrogen-bond donors (Lipinski definition) is 1. The van der Waals surface area contributed by atoms with Gasteiger partial charge in [0, 0.05) is 10.6 Å². The molecule has 122 valence electrons. The molecule has 0 aliphatic carbocycles. The molecule has 1 nitrogen and oxygen atoms in total. The third-order valence-electron chi connectivity index (χ3n) is 4.08. The van der Waals surface area contributed by atoms with Crippen molar-refractivity contribution < 1.29 is 5.11 Å². The molecule has 0 amide bonds. The Morgan fingerprint density at radius 1 is 0.667 bits per heavy atom. The summed E-state index contributed by atoms with van der Waals surface area (Å²) in [6, 6.07) is 27.0. The van der Waals surface area contributed by atoms with Crippen molar-refractivity contribution >= 4 is 11.8 Å². The van der Waals surface area contributed by atoms with Crippen LogP contribution in [-0.2, 0) is 19.3 Å². The Hall–Kier alpha value is -2.19. The number of benzene rings is 3. The lowest BCUT2D eigenvalue weighted by Gasteiger charge is -2.08. The molecule has 1 N–H and O–H groups in total. The fourth-order valence-electron chi connectivity index (χ4n) is 2.71. The molecular formula is C22H22OS. The maximum absolute atomic E-state index is 10.1. The number of thioether (sulfide) groups is 1. The molecule has 3 aromatic rings. The molecule has 0 atom stereocenters. The molecule has 3 aromatic carbocycles. The first kappa shape index (κ1) is 16.7. The summed E-state index contributed by atoms with van der Waals surface area (Å²) in [6.07, 6.45) is 2.88. The summed E-state index contributed by atoms with van der Waals surface area (Å²) in [4.78, 5) is 1.23. The highest BCUT2D eigenvalue weighted by atomic mass is 32.2. The lowest BCUT2D eigenvalue weighted by molar-refractivity contribution is 0.467.